The van der Waals surface area contributed by atoms with Crippen LogP contribution in [0.15, 0.2) is 10.9 Å². The Labute approximate surface area is 126 Å². The third-order valence-electron chi connectivity index (χ3n) is 2.59. The lowest BCUT2D eigenvalue weighted by atomic mass is 9.97. The van der Waals surface area contributed by atoms with Crippen LogP contribution in [0.2, 0.25) is 0 Å². The van der Waals surface area contributed by atoms with Crippen molar-refractivity contribution in [3.63, 3.8) is 0 Å². The predicted octanol–water partition coefficient (Wildman–Crippen LogP) is 2.59. The molecule has 0 atom stereocenters. The molecule has 1 aromatic heterocycles. The third-order valence-corrected chi connectivity index (χ3v) is 2.59. The molecule has 0 saturated heterocycles. The van der Waals surface area contributed by atoms with Crippen LogP contribution in [0.25, 0.3) is 0 Å². The van der Waals surface area contributed by atoms with Gasteiger partial charge in [-0.05, 0) is 26.2 Å². The van der Waals surface area contributed by atoms with Gasteiger partial charge >= 0.3 is 6.09 Å². The average Bonchev–Trinajstić information content (AvgIpc) is 2.53. The molecule has 6 heteroatoms. The lowest BCUT2D eigenvalue weighted by molar-refractivity contribution is 0.0282. The SMILES string of the molecule is CN(Cc1cc(=O)n(CC(C)(C)C)[nH]1)C(=O)OC(C)(C)C. The molecule has 0 saturated carbocycles. The van der Waals surface area contributed by atoms with E-state index in [1.54, 1.807) is 11.7 Å². The lowest BCUT2D eigenvalue weighted by Crippen LogP contribution is -2.34. The number of carbonyl (C=O) groups is 1. The predicted molar refractivity (Wildman–Crippen MR) is 82.2 cm³/mol. The third kappa shape index (κ3) is 6.06. The van der Waals surface area contributed by atoms with Crippen LogP contribution in [0.3, 0.4) is 0 Å². The summed E-state index contributed by atoms with van der Waals surface area (Å²) < 4.78 is 6.85. The van der Waals surface area contributed by atoms with Gasteiger partial charge in [0.25, 0.3) is 5.56 Å². The van der Waals surface area contributed by atoms with E-state index in [0.717, 1.165) is 0 Å². The van der Waals surface area contributed by atoms with Gasteiger partial charge in [-0.3, -0.25) is 14.6 Å². The summed E-state index contributed by atoms with van der Waals surface area (Å²) in [6.45, 7) is 12.6. The molecule has 0 spiro atoms. The quantitative estimate of drug-likeness (QED) is 0.932. The zero-order valence-corrected chi connectivity index (χ0v) is 14.1. The highest BCUT2D eigenvalue weighted by Crippen LogP contribution is 2.15. The minimum Gasteiger partial charge on any atom is -0.444 e. The van der Waals surface area contributed by atoms with Gasteiger partial charge in [-0.2, -0.15) is 0 Å². The summed E-state index contributed by atoms with van der Waals surface area (Å²) >= 11 is 0. The van der Waals surface area contributed by atoms with Crippen molar-refractivity contribution in [1.29, 1.82) is 0 Å². The first-order chi connectivity index (χ1) is 9.37. The normalized spacial score (nSPS) is 12.3. The fourth-order valence-corrected chi connectivity index (χ4v) is 1.82. The lowest BCUT2D eigenvalue weighted by Gasteiger charge is -2.24. The minimum atomic E-state index is -0.531. The van der Waals surface area contributed by atoms with Crippen molar-refractivity contribution < 1.29 is 9.53 Å². The molecule has 1 rings (SSSR count). The molecule has 0 bridgehead atoms. The Balaban J connectivity index is 2.74. The Morgan fingerprint density at radius 3 is 2.33 bits per heavy atom. The molecular weight excluding hydrogens is 270 g/mol. The number of hydrogen-bond acceptors (Lipinski definition) is 3. The van der Waals surface area contributed by atoms with Crippen LogP contribution in [0, 0.1) is 5.41 Å². The van der Waals surface area contributed by atoms with Crippen LogP contribution in [0.1, 0.15) is 47.2 Å². The molecule has 1 heterocycles. The summed E-state index contributed by atoms with van der Waals surface area (Å²) in [4.78, 5) is 25.2. The highest BCUT2D eigenvalue weighted by Gasteiger charge is 2.20. The van der Waals surface area contributed by atoms with Crippen molar-refractivity contribution >= 4 is 6.09 Å². The fourth-order valence-electron chi connectivity index (χ4n) is 1.82. The second kappa shape index (κ2) is 5.95. The van der Waals surface area contributed by atoms with Gasteiger partial charge in [0, 0.05) is 19.7 Å². The number of aromatic amines is 1. The van der Waals surface area contributed by atoms with Gasteiger partial charge in [-0.15, -0.1) is 0 Å². The van der Waals surface area contributed by atoms with Crippen molar-refractivity contribution in [3.8, 4) is 0 Å². The standard InChI is InChI=1S/C15H27N3O3/c1-14(2,3)10-18-12(19)8-11(16-18)9-17(7)13(20)21-15(4,5)6/h8,16H,9-10H2,1-7H3. The van der Waals surface area contributed by atoms with E-state index in [1.165, 1.54) is 11.0 Å². The van der Waals surface area contributed by atoms with E-state index in [0.29, 0.717) is 18.8 Å². The molecule has 0 aliphatic carbocycles. The van der Waals surface area contributed by atoms with Gasteiger partial charge in [0.15, 0.2) is 0 Å². The molecule has 1 N–H and O–H groups in total. The molecule has 120 valence electrons. The van der Waals surface area contributed by atoms with E-state index in [-0.39, 0.29) is 11.0 Å². The van der Waals surface area contributed by atoms with Crippen molar-refractivity contribution in [2.45, 2.75) is 60.2 Å². The molecular formula is C15H27N3O3. The second-order valence-electron chi connectivity index (χ2n) is 7.60. The van der Waals surface area contributed by atoms with Crippen LogP contribution in [-0.4, -0.2) is 33.4 Å². The number of rotatable bonds is 3. The monoisotopic (exact) mass is 297 g/mol. The maximum absolute atomic E-state index is 11.9. The Morgan fingerprint density at radius 2 is 1.86 bits per heavy atom. The number of amides is 1. The summed E-state index contributed by atoms with van der Waals surface area (Å²) in [5.74, 6) is 0. The summed E-state index contributed by atoms with van der Waals surface area (Å²) in [5, 5.41) is 3.04. The Morgan fingerprint density at radius 1 is 1.29 bits per heavy atom. The maximum atomic E-state index is 11.9. The van der Waals surface area contributed by atoms with Crippen LogP contribution in [-0.2, 0) is 17.8 Å². The van der Waals surface area contributed by atoms with Gasteiger partial charge in [-0.25, -0.2) is 4.79 Å². The number of ether oxygens (including phenoxy) is 1. The van der Waals surface area contributed by atoms with Crippen LogP contribution in [0.4, 0.5) is 4.79 Å². The van der Waals surface area contributed by atoms with Crippen LogP contribution >= 0.6 is 0 Å². The van der Waals surface area contributed by atoms with Gasteiger partial charge in [0.2, 0.25) is 0 Å². The first-order valence-corrected chi connectivity index (χ1v) is 7.10. The number of carbonyl (C=O) groups excluding carboxylic acids is 1. The van der Waals surface area contributed by atoms with Crippen molar-refractivity contribution in [2.75, 3.05) is 7.05 Å². The van der Waals surface area contributed by atoms with Crippen molar-refractivity contribution in [1.82, 2.24) is 14.7 Å². The Kier molecular flexibility index (Phi) is 4.91. The molecule has 0 aliphatic rings. The number of nitrogens with one attached hydrogen (secondary N) is 1. The Hall–Kier alpha value is -1.72. The molecule has 0 aromatic carbocycles. The average molecular weight is 297 g/mol. The van der Waals surface area contributed by atoms with Gasteiger partial charge in [-0.1, -0.05) is 20.8 Å². The van der Waals surface area contributed by atoms with E-state index < -0.39 is 11.7 Å². The van der Waals surface area contributed by atoms with E-state index in [9.17, 15) is 9.59 Å². The molecule has 0 unspecified atom stereocenters. The summed E-state index contributed by atoms with van der Waals surface area (Å²) in [6.07, 6.45) is -0.410. The topological polar surface area (TPSA) is 67.3 Å². The van der Waals surface area contributed by atoms with Gasteiger partial charge in [0.1, 0.15) is 5.60 Å². The highest BCUT2D eigenvalue weighted by atomic mass is 16.6. The molecule has 0 aliphatic heterocycles. The largest absolute Gasteiger partial charge is 0.444 e. The smallest absolute Gasteiger partial charge is 0.410 e. The number of aromatic nitrogens is 2. The van der Waals surface area contributed by atoms with Gasteiger partial charge in [0.05, 0.1) is 12.2 Å². The number of hydrogen-bond donors (Lipinski definition) is 1. The first-order valence-electron chi connectivity index (χ1n) is 7.10. The highest BCUT2D eigenvalue weighted by molar-refractivity contribution is 5.67. The minimum absolute atomic E-state index is 0.00299. The van der Waals surface area contributed by atoms with Crippen molar-refractivity contribution in [3.05, 3.63) is 22.1 Å². The molecule has 0 fully saturated rings. The number of H-pyrrole nitrogens is 1. The molecule has 21 heavy (non-hydrogen) atoms. The zero-order chi connectivity index (χ0) is 16.4. The van der Waals surface area contributed by atoms with E-state index in [4.69, 9.17) is 4.74 Å². The second-order valence-corrected chi connectivity index (χ2v) is 7.60. The fraction of sp³-hybridized carbons (Fsp3) is 0.733. The van der Waals surface area contributed by atoms with Crippen molar-refractivity contribution in [2.24, 2.45) is 5.41 Å². The molecule has 6 nitrogen and oxygen atoms in total. The molecule has 0 radical (unpaired) electrons. The Bertz CT molecular complexity index is 544. The van der Waals surface area contributed by atoms with Crippen LogP contribution < -0.4 is 5.56 Å². The first kappa shape index (κ1) is 17.3. The summed E-state index contributed by atoms with van der Waals surface area (Å²) in [7, 11) is 1.65. The maximum Gasteiger partial charge on any atom is 0.410 e. The van der Waals surface area contributed by atoms with Crippen LogP contribution in [0.5, 0.6) is 0 Å². The zero-order valence-electron chi connectivity index (χ0n) is 14.1. The van der Waals surface area contributed by atoms with E-state index >= 15 is 0 Å². The summed E-state index contributed by atoms with van der Waals surface area (Å²) in [5.41, 5.74) is 0.0788. The molecule has 1 amide bonds. The summed E-state index contributed by atoms with van der Waals surface area (Å²) in [6, 6.07) is 1.52. The van der Waals surface area contributed by atoms with E-state index in [2.05, 4.69) is 25.9 Å². The van der Waals surface area contributed by atoms with E-state index in [1.807, 2.05) is 20.8 Å². The molecule has 1 aromatic rings. The number of nitrogens with zero attached hydrogens (tertiary/aromatic N) is 2. The van der Waals surface area contributed by atoms with Gasteiger partial charge < -0.3 is 9.64 Å².